The van der Waals surface area contributed by atoms with Gasteiger partial charge in [0.25, 0.3) is 5.91 Å². The molecule has 34 heavy (non-hydrogen) atoms. The van der Waals surface area contributed by atoms with Crippen molar-refractivity contribution in [2.24, 2.45) is 0 Å². The van der Waals surface area contributed by atoms with E-state index in [0.29, 0.717) is 36.3 Å². The smallest absolute Gasteiger partial charge is 0.328 e. The molecular formula is C25H26N2O7. The van der Waals surface area contributed by atoms with E-state index in [4.69, 9.17) is 14.6 Å². The first-order valence-electron chi connectivity index (χ1n) is 10.8. The Morgan fingerprint density at radius 3 is 2.29 bits per heavy atom. The van der Waals surface area contributed by atoms with E-state index in [1.807, 2.05) is 19.1 Å². The molecule has 1 aliphatic heterocycles. The molecule has 1 atom stereocenters. The third kappa shape index (κ3) is 5.80. The summed E-state index contributed by atoms with van der Waals surface area (Å²) in [5.41, 5.74) is 1.27. The number of carbonyl (C=O) groups excluding carboxylic acids is 3. The molecule has 2 aromatic carbocycles. The summed E-state index contributed by atoms with van der Waals surface area (Å²) in [5, 5.41) is 8.90. The Hall–Kier alpha value is -4.14. The number of aliphatic carboxylic acids is 1. The molecule has 0 saturated carbocycles. The number of ether oxygens (including phenoxy) is 2. The van der Waals surface area contributed by atoms with E-state index in [1.165, 1.54) is 4.90 Å². The van der Waals surface area contributed by atoms with E-state index in [2.05, 4.69) is 0 Å². The van der Waals surface area contributed by atoms with Gasteiger partial charge in [0, 0.05) is 18.7 Å². The minimum atomic E-state index is -1.28. The second-order valence-electron chi connectivity index (χ2n) is 7.52. The first-order chi connectivity index (χ1) is 16.3. The number of carboxylic acids is 1. The van der Waals surface area contributed by atoms with E-state index in [1.54, 1.807) is 43.5 Å². The molecule has 1 saturated heterocycles. The highest BCUT2D eigenvalue weighted by molar-refractivity contribution is 6.23. The second kappa shape index (κ2) is 11.1. The van der Waals surface area contributed by atoms with Gasteiger partial charge in [0.15, 0.2) is 0 Å². The van der Waals surface area contributed by atoms with Crippen molar-refractivity contribution in [1.82, 2.24) is 4.90 Å². The molecule has 0 radical (unpaired) electrons. The summed E-state index contributed by atoms with van der Waals surface area (Å²) in [4.78, 5) is 52.0. The molecule has 0 spiro atoms. The molecule has 0 bridgehead atoms. The van der Waals surface area contributed by atoms with Crippen LogP contribution < -0.4 is 14.4 Å². The van der Waals surface area contributed by atoms with Crippen molar-refractivity contribution in [3.05, 3.63) is 66.2 Å². The first-order valence-corrected chi connectivity index (χ1v) is 10.8. The van der Waals surface area contributed by atoms with Gasteiger partial charge in [0.1, 0.15) is 17.5 Å². The quantitative estimate of drug-likeness (QED) is 0.423. The number of hydrogen-bond donors (Lipinski definition) is 1. The highest BCUT2D eigenvalue weighted by atomic mass is 16.5. The summed E-state index contributed by atoms with van der Waals surface area (Å²) in [7, 11) is 1.56. The average molecular weight is 466 g/mol. The van der Waals surface area contributed by atoms with Crippen LogP contribution in [0.2, 0.25) is 0 Å². The summed E-state index contributed by atoms with van der Waals surface area (Å²) in [5.74, 6) is -1.63. The topological polar surface area (TPSA) is 113 Å². The lowest BCUT2D eigenvalue weighted by Gasteiger charge is -2.26. The number of imide groups is 1. The Labute approximate surface area is 197 Å². The number of rotatable bonds is 10. The summed E-state index contributed by atoms with van der Waals surface area (Å²) in [6.07, 6.45) is 1.82. The lowest BCUT2D eigenvalue weighted by molar-refractivity contribution is -0.135. The molecule has 0 aromatic heterocycles. The number of amides is 3. The van der Waals surface area contributed by atoms with Crippen LogP contribution in [0.5, 0.6) is 11.5 Å². The summed E-state index contributed by atoms with van der Waals surface area (Å²) < 4.78 is 10.5. The van der Waals surface area contributed by atoms with E-state index < -0.39 is 29.7 Å². The monoisotopic (exact) mass is 466 g/mol. The summed E-state index contributed by atoms with van der Waals surface area (Å²) >= 11 is 0. The molecule has 0 unspecified atom stereocenters. The number of carboxylic acid groups (broad SMARTS) is 1. The van der Waals surface area contributed by atoms with Crippen LogP contribution in [0.4, 0.5) is 5.69 Å². The fourth-order valence-corrected chi connectivity index (χ4v) is 3.69. The lowest BCUT2D eigenvalue weighted by atomic mass is 10.1. The molecule has 1 heterocycles. The van der Waals surface area contributed by atoms with Crippen molar-refractivity contribution in [2.75, 3.05) is 25.2 Å². The van der Waals surface area contributed by atoms with Gasteiger partial charge in [-0.3, -0.25) is 14.4 Å². The number of hydrogen-bond acceptors (Lipinski definition) is 6. The van der Waals surface area contributed by atoms with Gasteiger partial charge >= 0.3 is 5.97 Å². The molecule has 3 rings (SSSR count). The largest absolute Gasteiger partial charge is 0.497 e. The van der Waals surface area contributed by atoms with E-state index in [9.17, 15) is 19.2 Å². The number of carbonyl (C=O) groups is 4. The molecule has 2 aromatic rings. The van der Waals surface area contributed by atoms with Crippen molar-refractivity contribution in [3.63, 3.8) is 0 Å². The fourth-order valence-electron chi connectivity index (χ4n) is 3.69. The highest BCUT2D eigenvalue weighted by Crippen LogP contribution is 2.28. The highest BCUT2D eigenvalue weighted by Gasteiger charge is 2.43. The van der Waals surface area contributed by atoms with Crippen molar-refractivity contribution in [3.8, 4) is 11.5 Å². The predicted octanol–water partition coefficient (Wildman–Crippen LogP) is 2.44. The van der Waals surface area contributed by atoms with Gasteiger partial charge in [-0.15, -0.1) is 0 Å². The Bertz CT molecular complexity index is 1080. The predicted molar refractivity (Wildman–Crippen MR) is 124 cm³/mol. The normalized spacial score (nSPS) is 15.6. The van der Waals surface area contributed by atoms with Crippen LogP contribution in [-0.2, 0) is 25.6 Å². The van der Waals surface area contributed by atoms with Crippen LogP contribution in [0.3, 0.4) is 0 Å². The Morgan fingerprint density at radius 1 is 1.06 bits per heavy atom. The minimum Gasteiger partial charge on any atom is -0.497 e. The van der Waals surface area contributed by atoms with Gasteiger partial charge in [0.2, 0.25) is 11.8 Å². The van der Waals surface area contributed by atoms with Gasteiger partial charge in [0.05, 0.1) is 25.8 Å². The van der Waals surface area contributed by atoms with Gasteiger partial charge < -0.3 is 19.5 Å². The number of nitrogens with zero attached hydrogens (tertiary/aromatic N) is 2. The van der Waals surface area contributed by atoms with Crippen molar-refractivity contribution in [1.29, 1.82) is 0 Å². The third-order valence-electron chi connectivity index (χ3n) is 5.36. The average Bonchev–Trinajstić information content (AvgIpc) is 3.12. The Balaban J connectivity index is 1.82. The Kier molecular flexibility index (Phi) is 8.02. The van der Waals surface area contributed by atoms with Gasteiger partial charge in [-0.2, -0.15) is 0 Å². The van der Waals surface area contributed by atoms with Crippen LogP contribution in [0.1, 0.15) is 18.9 Å². The van der Waals surface area contributed by atoms with Crippen LogP contribution in [0, 0.1) is 0 Å². The number of methoxy groups -OCH3 is 1. The zero-order valence-corrected chi connectivity index (χ0v) is 19.0. The summed E-state index contributed by atoms with van der Waals surface area (Å²) in [6, 6.07) is 12.7. The summed E-state index contributed by atoms with van der Waals surface area (Å²) in [6.45, 7) is 2.45. The standard InChI is InChI=1S/C25H26N2O7/c1-3-34-20-10-6-18(7-11-20)27-23(29)16-21(25(27)32)26(22(28)12-13-24(30)31)15-14-17-4-8-19(33-2)9-5-17/h4-13,21H,3,14-16H2,1-2H3,(H,30,31)/b13-12+/t21-/m0/s1. The van der Waals surface area contributed by atoms with Gasteiger partial charge in [-0.1, -0.05) is 12.1 Å². The zero-order valence-electron chi connectivity index (χ0n) is 19.0. The van der Waals surface area contributed by atoms with Crippen LogP contribution >= 0.6 is 0 Å². The van der Waals surface area contributed by atoms with Gasteiger partial charge in [-0.05, 0) is 55.3 Å². The van der Waals surface area contributed by atoms with E-state index in [-0.39, 0.29) is 13.0 Å². The first kappa shape index (κ1) is 24.5. The lowest BCUT2D eigenvalue weighted by Crippen LogP contribution is -2.45. The SMILES string of the molecule is CCOc1ccc(N2C(=O)C[C@H](N(CCc3ccc(OC)cc3)C(=O)/C=C/C(=O)O)C2=O)cc1. The van der Waals surface area contributed by atoms with Crippen LogP contribution in [-0.4, -0.2) is 60.0 Å². The molecule has 1 fully saturated rings. The molecule has 9 heteroatoms. The van der Waals surface area contributed by atoms with E-state index in [0.717, 1.165) is 16.5 Å². The van der Waals surface area contributed by atoms with Crippen molar-refractivity contribution in [2.45, 2.75) is 25.8 Å². The van der Waals surface area contributed by atoms with Crippen LogP contribution in [0.15, 0.2) is 60.7 Å². The molecule has 9 nitrogen and oxygen atoms in total. The minimum absolute atomic E-state index is 0.121. The molecule has 178 valence electrons. The van der Waals surface area contributed by atoms with Crippen molar-refractivity contribution >= 4 is 29.4 Å². The number of anilines is 1. The van der Waals surface area contributed by atoms with Gasteiger partial charge in [-0.25, -0.2) is 9.69 Å². The molecular weight excluding hydrogens is 440 g/mol. The number of benzene rings is 2. The molecule has 0 aliphatic carbocycles. The fraction of sp³-hybridized carbons (Fsp3) is 0.280. The third-order valence-corrected chi connectivity index (χ3v) is 5.36. The van der Waals surface area contributed by atoms with Crippen molar-refractivity contribution < 1.29 is 33.8 Å². The zero-order chi connectivity index (χ0) is 24.7. The Morgan fingerprint density at radius 2 is 1.71 bits per heavy atom. The molecule has 3 amide bonds. The van der Waals surface area contributed by atoms with Crippen LogP contribution in [0.25, 0.3) is 0 Å². The maximum Gasteiger partial charge on any atom is 0.328 e. The second-order valence-corrected chi connectivity index (χ2v) is 7.52. The maximum atomic E-state index is 13.2. The molecule has 1 aliphatic rings. The molecule has 1 N–H and O–H groups in total. The van der Waals surface area contributed by atoms with E-state index >= 15 is 0 Å². The maximum absolute atomic E-state index is 13.2.